The number of benzene rings is 2. The summed E-state index contributed by atoms with van der Waals surface area (Å²) in [5.74, 6) is 1.62. The summed E-state index contributed by atoms with van der Waals surface area (Å²) in [4.78, 5) is 9.29. The SMILES string of the molecule is N/C(=N/OCCOc1cccc(Cl)c1)c1cccc(OCc2cccnc2)c1. The molecule has 1 aromatic heterocycles. The van der Waals surface area contributed by atoms with Gasteiger partial charge in [-0.2, -0.15) is 0 Å². The zero-order valence-electron chi connectivity index (χ0n) is 15.1. The first kappa shape index (κ1) is 19.5. The van der Waals surface area contributed by atoms with E-state index in [0.29, 0.717) is 35.3 Å². The van der Waals surface area contributed by atoms with Gasteiger partial charge in [0.1, 0.15) is 24.7 Å². The minimum absolute atomic E-state index is 0.254. The van der Waals surface area contributed by atoms with E-state index in [1.807, 2.05) is 42.5 Å². The maximum absolute atomic E-state index is 5.99. The highest BCUT2D eigenvalue weighted by Gasteiger charge is 2.03. The first-order chi connectivity index (χ1) is 13.7. The van der Waals surface area contributed by atoms with E-state index >= 15 is 0 Å². The summed E-state index contributed by atoms with van der Waals surface area (Å²) in [6.07, 6.45) is 3.49. The van der Waals surface area contributed by atoms with Gasteiger partial charge in [-0.15, -0.1) is 0 Å². The number of aromatic nitrogens is 1. The second-order valence-corrected chi connectivity index (χ2v) is 6.23. The Bertz CT molecular complexity index is 920. The third-order valence-electron chi connectivity index (χ3n) is 3.66. The first-order valence-corrected chi connectivity index (χ1v) is 9.04. The van der Waals surface area contributed by atoms with Crippen LogP contribution in [0.3, 0.4) is 0 Å². The van der Waals surface area contributed by atoms with Gasteiger partial charge in [0.15, 0.2) is 12.4 Å². The van der Waals surface area contributed by atoms with Crippen LogP contribution in [0, 0.1) is 0 Å². The van der Waals surface area contributed by atoms with Crippen LogP contribution in [0.1, 0.15) is 11.1 Å². The molecule has 2 N–H and O–H groups in total. The monoisotopic (exact) mass is 397 g/mol. The molecule has 0 fully saturated rings. The van der Waals surface area contributed by atoms with E-state index in [1.165, 1.54) is 0 Å². The fourth-order valence-electron chi connectivity index (χ4n) is 2.32. The lowest BCUT2D eigenvalue weighted by Gasteiger charge is -2.08. The van der Waals surface area contributed by atoms with Crippen LogP contribution < -0.4 is 15.2 Å². The Morgan fingerprint density at radius 3 is 2.57 bits per heavy atom. The van der Waals surface area contributed by atoms with Gasteiger partial charge in [0.2, 0.25) is 0 Å². The molecule has 1 heterocycles. The molecule has 0 aliphatic heterocycles. The number of nitrogens with zero attached hydrogens (tertiary/aromatic N) is 2. The molecule has 144 valence electrons. The van der Waals surface area contributed by atoms with Crippen LogP contribution in [-0.4, -0.2) is 24.0 Å². The second-order valence-electron chi connectivity index (χ2n) is 5.79. The summed E-state index contributed by atoms with van der Waals surface area (Å²) in [6, 6.07) is 18.3. The lowest BCUT2D eigenvalue weighted by atomic mass is 10.2. The molecule has 0 bridgehead atoms. The molecule has 3 rings (SSSR count). The van der Waals surface area contributed by atoms with E-state index < -0.39 is 0 Å². The van der Waals surface area contributed by atoms with Gasteiger partial charge in [0, 0.05) is 28.5 Å². The van der Waals surface area contributed by atoms with E-state index in [4.69, 9.17) is 31.6 Å². The van der Waals surface area contributed by atoms with Crippen LogP contribution in [0.15, 0.2) is 78.2 Å². The molecule has 3 aromatic rings. The third-order valence-corrected chi connectivity index (χ3v) is 3.90. The molecule has 0 radical (unpaired) electrons. The molecular weight excluding hydrogens is 378 g/mol. The normalized spacial score (nSPS) is 11.1. The minimum Gasteiger partial charge on any atom is -0.490 e. The molecule has 0 aliphatic rings. The molecular formula is C21H20ClN3O3. The average Bonchev–Trinajstić information content (AvgIpc) is 2.73. The maximum atomic E-state index is 5.99. The van der Waals surface area contributed by atoms with Gasteiger partial charge in [-0.25, -0.2) is 0 Å². The van der Waals surface area contributed by atoms with Gasteiger partial charge in [-0.3, -0.25) is 4.98 Å². The number of halogens is 1. The lowest BCUT2D eigenvalue weighted by molar-refractivity contribution is 0.107. The zero-order valence-corrected chi connectivity index (χ0v) is 15.9. The Balaban J connectivity index is 1.47. The molecule has 7 heteroatoms. The summed E-state index contributed by atoms with van der Waals surface area (Å²) >= 11 is 5.90. The summed E-state index contributed by atoms with van der Waals surface area (Å²) in [5.41, 5.74) is 7.68. The quantitative estimate of drug-likeness (QED) is 0.255. The summed E-state index contributed by atoms with van der Waals surface area (Å²) < 4.78 is 11.3. The molecule has 0 atom stereocenters. The van der Waals surface area contributed by atoms with Crippen molar-refractivity contribution >= 4 is 17.4 Å². The van der Waals surface area contributed by atoms with Crippen LogP contribution in [0.5, 0.6) is 11.5 Å². The molecule has 0 saturated carbocycles. The molecule has 0 amide bonds. The Morgan fingerprint density at radius 2 is 1.79 bits per heavy atom. The van der Waals surface area contributed by atoms with Crippen molar-refractivity contribution in [3.63, 3.8) is 0 Å². The van der Waals surface area contributed by atoms with Crippen LogP contribution in [-0.2, 0) is 11.4 Å². The van der Waals surface area contributed by atoms with Crippen molar-refractivity contribution in [2.75, 3.05) is 13.2 Å². The molecule has 0 saturated heterocycles. The highest BCUT2D eigenvalue weighted by molar-refractivity contribution is 6.30. The smallest absolute Gasteiger partial charge is 0.170 e. The molecule has 2 aromatic carbocycles. The summed E-state index contributed by atoms with van der Waals surface area (Å²) in [5, 5.41) is 4.54. The number of hydrogen-bond donors (Lipinski definition) is 1. The molecule has 0 unspecified atom stereocenters. The summed E-state index contributed by atoms with van der Waals surface area (Å²) in [7, 11) is 0. The fraction of sp³-hybridized carbons (Fsp3) is 0.143. The maximum Gasteiger partial charge on any atom is 0.170 e. The largest absolute Gasteiger partial charge is 0.490 e. The standard InChI is InChI=1S/C21H20ClN3O3/c22-18-6-2-8-20(13-18)26-10-11-28-25-21(23)17-5-1-7-19(12-17)27-15-16-4-3-9-24-14-16/h1-9,12-14H,10-11,15H2,(H2,23,25). The number of rotatable bonds is 9. The minimum atomic E-state index is 0.254. The second kappa shape index (κ2) is 10.2. The highest BCUT2D eigenvalue weighted by atomic mass is 35.5. The average molecular weight is 398 g/mol. The Hall–Kier alpha value is -3.25. The fourth-order valence-corrected chi connectivity index (χ4v) is 2.50. The Kier molecular flexibility index (Phi) is 7.09. The van der Waals surface area contributed by atoms with Crippen molar-refractivity contribution in [2.24, 2.45) is 10.9 Å². The number of hydrogen-bond acceptors (Lipinski definition) is 5. The number of oxime groups is 1. The van der Waals surface area contributed by atoms with Crippen molar-refractivity contribution in [3.05, 3.63) is 89.2 Å². The van der Waals surface area contributed by atoms with E-state index in [0.717, 1.165) is 5.56 Å². The number of amidine groups is 1. The van der Waals surface area contributed by atoms with E-state index in [1.54, 1.807) is 30.6 Å². The van der Waals surface area contributed by atoms with Crippen molar-refractivity contribution in [1.29, 1.82) is 0 Å². The summed E-state index contributed by atoms with van der Waals surface area (Å²) in [6.45, 7) is 1.00. The number of pyridine rings is 1. The van der Waals surface area contributed by atoms with E-state index in [-0.39, 0.29) is 12.4 Å². The van der Waals surface area contributed by atoms with E-state index in [9.17, 15) is 0 Å². The van der Waals surface area contributed by atoms with Crippen LogP contribution >= 0.6 is 11.6 Å². The topological polar surface area (TPSA) is 79.0 Å². The van der Waals surface area contributed by atoms with Crippen LogP contribution in [0.2, 0.25) is 5.02 Å². The van der Waals surface area contributed by atoms with Gasteiger partial charge < -0.3 is 20.0 Å². The van der Waals surface area contributed by atoms with Crippen LogP contribution in [0.25, 0.3) is 0 Å². The van der Waals surface area contributed by atoms with E-state index in [2.05, 4.69) is 10.1 Å². The predicted molar refractivity (Wildman–Crippen MR) is 109 cm³/mol. The van der Waals surface area contributed by atoms with Crippen molar-refractivity contribution in [2.45, 2.75) is 6.61 Å². The third kappa shape index (κ3) is 6.17. The van der Waals surface area contributed by atoms with Gasteiger partial charge >= 0.3 is 0 Å². The molecule has 0 aliphatic carbocycles. The molecule has 6 nitrogen and oxygen atoms in total. The molecule has 28 heavy (non-hydrogen) atoms. The first-order valence-electron chi connectivity index (χ1n) is 8.66. The number of nitrogens with two attached hydrogens (primary N) is 1. The van der Waals surface area contributed by atoms with Crippen molar-refractivity contribution < 1.29 is 14.3 Å². The van der Waals surface area contributed by atoms with Gasteiger partial charge in [-0.1, -0.05) is 41.0 Å². The van der Waals surface area contributed by atoms with Crippen LogP contribution in [0.4, 0.5) is 0 Å². The lowest BCUT2D eigenvalue weighted by Crippen LogP contribution is -2.15. The van der Waals surface area contributed by atoms with Crippen molar-refractivity contribution in [1.82, 2.24) is 4.98 Å². The molecule has 0 spiro atoms. The Morgan fingerprint density at radius 1 is 0.964 bits per heavy atom. The number of ether oxygens (including phenoxy) is 2. The van der Waals surface area contributed by atoms with Crippen molar-refractivity contribution in [3.8, 4) is 11.5 Å². The van der Waals surface area contributed by atoms with Gasteiger partial charge in [0.05, 0.1) is 0 Å². The Labute approximate surface area is 168 Å². The highest BCUT2D eigenvalue weighted by Crippen LogP contribution is 2.17. The van der Waals surface area contributed by atoms with Gasteiger partial charge in [-0.05, 0) is 36.4 Å². The zero-order chi connectivity index (χ0) is 19.6. The van der Waals surface area contributed by atoms with Gasteiger partial charge in [0.25, 0.3) is 0 Å². The predicted octanol–water partition coefficient (Wildman–Crippen LogP) is 4.03.